The molecule has 0 aliphatic heterocycles. The molecule has 0 fully saturated rings. The molecule has 214 valence electrons. The zero-order valence-corrected chi connectivity index (χ0v) is 24.5. The molecule has 0 aliphatic carbocycles. The van der Waals surface area contributed by atoms with E-state index in [2.05, 4.69) is 16.0 Å². The fraction of sp³-hybridized carbons (Fsp3) is 0.147. The number of thioether (sulfide) groups is 1. The SMILES string of the molecule is CCC(Sc1cccc(NC(=O)/C(=C\c2ccccc2OC)NC(=O)c2ccccc2)c1)C(=O)Nc1cccc(C)c1. The van der Waals surface area contributed by atoms with Crippen LogP contribution in [0.25, 0.3) is 6.08 Å². The van der Waals surface area contributed by atoms with Crippen LogP contribution in [0, 0.1) is 6.92 Å². The van der Waals surface area contributed by atoms with E-state index in [9.17, 15) is 14.4 Å². The van der Waals surface area contributed by atoms with Crippen LogP contribution in [0.2, 0.25) is 0 Å². The van der Waals surface area contributed by atoms with Gasteiger partial charge >= 0.3 is 0 Å². The fourth-order valence-corrected chi connectivity index (χ4v) is 5.17. The summed E-state index contributed by atoms with van der Waals surface area (Å²) in [5.41, 5.74) is 3.45. The van der Waals surface area contributed by atoms with Crippen LogP contribution < -0.4 is 20.7 Å². The Hall–Kier alpha value is -4.82. The number of hydrogen-bond acceptors (Lipinski definition) is 5. The first kappa shape index (κ1) is 30.1. The maximum absolute atomic E-state index is 13.5. The molecule has 4 rings (SSSR count). The van der Waals surface area contributed by atoms with E-state index in [1.807, 2.05) is 74.5 Å². The predicted molar refractivity (Wildman–Crippen MR) is 170 cm³/mol. The first-order valence-corrected chi connectivity index (χ1v) is 14.4. The van der Waals surface area contributed by atoms with Crippen LogP contribution in [0.1, 0.15) is 34.8 Å². The van der Waals surface area contributed by atoms with E-state index >= 15 is 0 Å². The highest BCUT2D eigenvalue weighted by Gasteiger charge is 2.20. The van der Waals surface area contributed by atoms with Gasteiger partial charge < -0.3 is 20.7 Å². The maximum atomic E-state index is 13.5. The van der Waals surface area contributed by atoms with Crippen LogP contribution in [-0.4, -0.2) is 30.1 Å². The molecule has 7 nitrogen and oxygen atoms in total. The Balaban J connectivity index is 1.52. The van der Waals surface area contributed by atoms with E-state index in [1.165, 1.54) is 11.8 Å². The summed E-state index contributed by atoms with van der Waals surface area (Å²) in [5, 5.41) is 8.30. The highest BCUT2D eigenvalue weighted by atomic mass is 32.2. The third-order valence-corrected chi connectivity index (χ3v) is 7.64. The third-order valence-electron chi connectivity index (χ3n) is 6.29. The summed E-state index contributed by atoms with van der Waals surface area (Å²) in [6.45, 7) is 3.94. The molecule has 1 atom stereocenters. The Labute approximate surface area is 250 Å². The van der Waals surface area contributed by atoms with Gasteiger partial charge in [0.15, 0.2) is 0 Å². The summed E-state index contributed by atoms with van der Waals surface area (Å²) in [4.78, 5) is 40.3. The molecule has 0 saturated carbocycles. The number of hydrogen-bond donors (Lipinski definition) is 3. The summed E-state index contributed by atoms with van der Waals surface area (Å²) in [5.74, 6) is -0.448. The number of carbonyl (C=O) groups excluding carboxylic acids is 3. The van der Waals surface area contributed by atoms with Gasteiger partial charge in [0, 0.05) is 27.4 Å². The quantitative estimate of drug-likeness (QED) is 0.132. The van der Waals surface area contributed by atoms with E-state index < -0.39 is 11.8 Å². The van der Waals surface area contributed by atoms with Gasteiger partial charge in [0.25, 0.3) is 11.8 Å². The van der Waals surface area contributed by atoms with Gasteiger partial charge in [-0.15, -0.1) is 11.8 Å². The molecule has 8 heteroatoms. The zero-order valence-electron chi connectivity index (χ0n) is 23.7. The molecule has 3 amide bonds. The number of carbonyl (C=O) groups is 3. The van der Waals surface area contributed by atoms with Crippen molar-refractivity contribution in [3.63, 3.8) is 0 Å². The molecule has 3 N–H and O–H groups in total. The molecule has 42 heavy (non-hydrogen) atoms. The Morgan fingerprint density at radius 3 is 2.24 bits per heavy atom. The van der Waals surface area contributed by atoms with Crippen LogP contribution in [0.4, 0.5) is 11.4 Å². The minimum absolute atomic E-state index is 0.0513. The number of anilines is 2. The van der Waals surface area contributed by atoms with Crippen molar-refractivity contribution < 1.29 is 19.1 Å². The second-order valence-corrected chi connectivity index (χ2v) is 10.8. The molecule has 0 heterocycles. The normalized spacial score (nSPS) is 11.7. The third kappa shape index (κ3) is 8.34. The van der Waals surface area contributed by atoms with Gasteiger partial charge in [-0.05, 0) is 73.5 Å². The predicted octanol–water partition coefficient (Wildman–Crippen LogP) is 6.92. The van der Waals surface area contributed by atoms with Crippen LogP contribution >= 0.6 is 11.8 Å². The van der Waals surface area contributed by atoms with Crippen molar-refractivity contribution in [2.75, 3.05) is 17.7 Å². The first-order chi connectivity index (χ1) is 20.4. The molecule has 0 saturated heterocycles. The number of aryl methyl sites for hydroxylation is 1. The lowest BCUT2D eigenvalue weighted by atomic mass is 10.1. The molecule has 1 unspecified atom stereocenters. The summed E-state index contributed by atoms with van der Waals surface area (Å²) in [7, 11) is 1.54. The van der Waals surface area contributed by atoms with Crippen LogP contribution in [0.15, 0.2) is 114 Å². The standard InChI is InChI=1S/C34H33N3O4S/c1-4-31(34(40)36-26-16-10-12-23(2)20-26)42-28-18-11-17-27(22-28)35-33(39)29(21-25-15-8-9-19-30(25)41-3)37-32(38)24-13-6-5-7-14-24/h5-22,31H,4H2,1-3H3,(H,35,39)(H,36,40)(H,37,38)/b29-21+. The fourth-order valence-electron chi connectivity index (χ4n) is 4.16. The second-order valence-electron chi connectivity index (χ2n) is 9.48. The summed E-state index contributed by atoms with van der Waals surface area (Å²) < 4.78 is 5.44. The van der Waals surface area contributed by atoms with E-state index in [4.69, 9.17) is 4.74 Å². The van der Waals surface area contributed by atoms with Gasteiger partial charge in [0.2, 0.25) is 5.91 Å². The van der Waals surface area contributed by atoms with Gasteiger partial charge in [0.05, 0.1) is 12.4 Å². The second kappa shape index (κ2) is 14.7. The first-order valence-electron chi connectivity index (χ1n) is 13.5. The number of amides is 3. The summed E-state index contributed by atoms with van der Waals surface area (Å²) in [6.07, 6.45) is 2.20. The number of ether oxygens (including phenoxy) is 1. The Bertz CT molecular complexity index is 1590. The lowest BCUT2D eigenvalue weighted by Crippen LogP contribution is -2.30. The Morgan fingerprint density at radius 2 is 1.52 bits per heavy atom. The Kier molecular flexibility index (Phi) is 10.6. The van der Waals surface area contributed by atoms with Crippen molar-refractivity contribution in [1.82, 2.24) is 5.32 Å². The monoisotopic (exact) mass is 579 g/mol. The van der Waals surface area contributed by atoms with Crippen molar-refractivity contribution in [2.45, 2.75) is 30.4 Å². The summed E-state index contributed by atoms with van der Waals surface area (Å²) >= 11 is 1.42. The molecule has 0 spiro atoms. The van der Waals surface area contributed by atoms with Crippen molar-refractivity contribution >= 4 is 46.9 Å². The molecular formula is C34H33N3O4S. The molecule has 0 bridgehead atoms. The lowest BCUT2D eigenvalue weighted by Gasteiger charge is -2.16. The van der Waals surface area contributed by atoms with E-state index in [0.717, 1.165) is 16.1 Å². The van der Waals surface area contributed by atoms with Gasteiger partial charge in [-0.1, -0.05) is 61.5 Å². The number of benzene rings is 4. The molecular weight excluding hydrogens is 546 g/mol. The van der Waals surface area contributed by atoms with Crippen LogP contribution in [0.5, 0.6) is 5.75 Å². The molecule has 0 aromatic heterocycles. The van der Waals surface area contributed by atoms with Gasteiger partial charge in [-0.25, -0.2) is 0 Å². The van der Waals surface area contributed by atoms with Crippen LogP contribution in [-0.2, 0) is 9.59 Å². The van der Waals surface area contributed by atoms with Gasteiger partial charge in [0.1, 0.15) is 11.4 Å². The van der Waals surface area contributed by atoms with Crippen molar-refractivity contribution in [3.05, 3.63) is 126 Å². The number of rotatable bonds is 11. The molecule has 4 aromatic carbocycles. The molecule has 0 radical (unpaired) electrons. The van der Waals surface area contributed by atoms with Gasteiger partial charge in [-0.2, -0.15) is 0 Å². The van der Waals surface area contributed by atoms with E-state index in [0.29, 0.717) is 29.0 Å². The number of methoxy groups -OCH3 is 1. The average molecular weight is 580 g/mol. The number of nitrogens with one attached hydrogen (secondary N) is 3. The minimum atomic E-state index is -0.503. The minimum Gasteiger partial charge on any atom is -0.496 e. The van der Waals surface area contributed by atoms with Crippen molar-refractivity contribution in [3.8, 4) is 5.75 Å². The van der Waals surface area contributed by atoms with Gasteiger partial charge in [-0.3, -0.25) is 14.4 Å². The highest BCUT2D eigenvalue weighted by Crippen LogP contribution is 2.29. The number of para-hydroxylation sites is 1. The van der Waals surface area contributed by atoms with E-state index in [1.54, 1.807) is 55.7 Å². The van der Waals surface area contributed by atoms with Crippen LogP contribution in [0.3, 0.4) is 0 Å². The lowest BCUT2D eigenvalue weighted by molar-refractivity contribution is -0.116. The largest absolute Gasteiger partial charge is 0.496 e. The summed E-state index contributed by atoms with van der Waals surface area (Å²) in [6, 6.07) is 30.9. The van der Waals surface area contributed by atoms with E-state index in [-0.39, 0.29) is 16.9 Å². The highest BCUT2D eigenvalue weighted by molar-refractivity contribution is 8.00. The Morgan fingerprint density at radius 1 is 0.833 bits per heavy atom. The molecule has 0 aliphatic rings. The van der Waals surface area contributed by atoms with Crippen molar-refractivity contribution in [2.24, 2.45) is 0 Å². The zero-order chi connectivity index (χ0) is 29.9. The molecule has 4 aromatic rings. The average Bonchev–Trinajstić information content (AvgIpc) is 3.00. The maximum Gasteiger partial charge on any atom is 0.272 e. The smallest absolute Gasteiger partial charge is 0.272 e. The topological polar surface area (TPSA) is 96.5 Å². The van der Waals surface area contributed by atoms with Crippen molar-refractivity contribution in [1.29, 1.82) is 0 Å².